The molecule has 0 radical (unpaired) electrons. The van der Waals surface area contributed by atoms with E-state index in [9.17, 15) is 14.7 Å². The van der Waals surface area contributed by atoms with E-state index in [1.54, 1.807) is 35.1 Å². The van der Waals surface area contributed by atoms with Crippen molar-refractivity contribution in [2.45, 2.75) is 38.3 Å². The lowest BCUT2D eigenvalue weighted by atomic mass is 9.78. The van der Waals surface area contributed by atoms with Crippen molar-refractivity contribution in [3.8, 4) is 11.5 Å². The molecule has 0 saturated carbocycles. The molecule has 3 aromatic rings. The summed E-state index contributed by atoms with van der Waals surface area (Å²) in [6.07, 6.45) is 1.21. The van der Waals surface area contributed by atoms with Gasteiger partial charge in [0.2, 0.25) is 11.8 Å². The lowest BCUT2D eigenvalue weighted by molar-refractivity contribution is -0.167. The number of carbonyl (C=O) groups excluding carboxylic acids is 2. The Morgan fingerprint density at radius 2 is 2.03 bits per heavy atom. The molecule has 3 heterocycles. The van der Waals surface area contributed by atoms with Gasteiger partial charge >= 0.3 is 0 Å². The molecule has 2 N–H and O–H groups in total. The summed E-state index contributed by atoms with van der Waals surface area (Å²) in [5, 5.41) is 11.3. The number of nitrogens with one attached hydrogen (secondary N) is 1. The zero-order chi connectivity index (χ0) is 25.6. The van der Waals surface area contributed by atoms with Crippen LogP contribution in [0.4, 0.5) is 0 Å². The summed E-state index contributed by atoms with van der Waals surface area (Å²) in [7, 11) is 3.69. The molecular formula is C28H34N4O4. The zero-order valence-electron chi connectivity index (χ0n) is 21.4. The van der Waals surface area contributed by atoms with Crippen LogP contribution < -0.4 is 4.74 Å². The second kappa shape index (κ2) is 9.17. The highest BCUT2D eigenvalue weighted by atomic mass is 16.5. The summed E-state index contributed by atoms with van der Waals surface area (Å²) in [5.74, 6) is 0.737. The maximum absolute atomic E-state index is 14.0. The number of fused-ring (bicyclic) bond motifs is 4. The van der Waals surface area contributed by atoms with E-state index in [-0.39, 0.29) is 24.1 Å². The van der Waals surface area contributed by atoms with Crippen LogP contribution in [0.5, 0.6) is 11.5 Å². The minimum Gasteiger partial charge on any atom is -0.508 e. The number of rotatable bonds is 7. The first kappa shape index (κ1) is 24.2. The normalized spacial score (nSPS) is 21.8. The van der Waals surface area contributed by atoms with Crippen molar-refractivity contribution in [3.05, 3.63) is 59.3 Å². The fraction of sp³-hybridized carbons (Fsp3) is 0.429. The second-order valence-corrected chi connectivity index (χ2v) is 10.1. The minimum absolute atomic E-state index is 0.0331. The maximum Gasteiger partial charge on any atom is 0.249 e. The highest BCUT2D eigenvalue weighted by molar-refractivity contribution is 6.00. The van der Waals surface area contributed by atoms with Crippen LogP contribution in [0, 0.1) is 0 Å². The summed E-state index contributed by atoms with van der Waals surface area (Å²) in [4.78, 5) is 37.0. The molecule has 2 aliphatic heterocycles. The third kappa shape index (κ3) is 3.89. The highest BCUT2D eigenvalue weighted by Gasteiger charge is 2.55. The molecule has 2 amide bonds. The molecule has 5 rings (SSSR count). The maximum atomic E-state index is 14.0. The van der Waals surface area contributed by atoms with Crippen molar-refractivity contribution in [1.82, 2.24) is 19.7 Å². The SMILES string of the molecule is CCN(C)CCCN1CC(=O)N2[C@H](c3cccc(O)c3)c3[nH]c4ccc(OC)cc4c3C[C@@]2(C)C1=O. The van der Waals surface area contributed by atoms with Crippen LogP contribution in [0.2, 0.25) is 0 Å². The van der Waals surface area contributed by atoms with Crippen LogP contribution in [0.1, 0.15) is 43.1 Å². The van der Waals surface area contributed by atoms with Gasteiger partial charge in [0.25, 0.3) is 0 Å². The minimum atomic E-state index is -1.05. The van der Waals surface area contributed by atoms with Gasteiger partial charge in [0.1, 0.15) is 17.0 Å². The van der Waals surface area contributed by atoms with Crippen LogP contribution in [0.3, 0.4) is 0 Å². The topological polar surface area (TPSA) is 89.1 Å². The van der Waals surface area contributed by atoms with Gasteiger partial charge in [0, 0.05) is 29.6 Å². The average Bonchev–Trinajstić information content (AvgIpc) is 3.22. The fourth-order valence-electron chi connectivity index (χ4n) is 5.77. The van der Waals surface area contributed by atoms with Crippen molar-refractivity contribution in [2.75, 3.05) is 40.3 Å². The van der Waals surface area contributed by atoms with Gasteiger partial charge in [-0.1, -0.05) is 19.1 Å². The number of nitrogens with zero attached hydrogens (tertiary/aromatic N) is 3. The molecule has 1 saturated heterocycles. The number of amides is 2. The Kier molecular flexibility index (Phi) is 6.16. The molecular weight excluding hydrogens is 456 g/mol. The number of ether oxygens (including phenoxy) is 1. The second-order valence-electron chi connectivity index (χ2n) is 10.1. The number of aromatic hydroxyl groups is 1. The molecule has 0 unspecified atom stereocenters. The number of methoxy groups -OCH3 is 1. The van der Waals surface area contributed by atoms with Gasteiger partial charge in [0.05, 0.1) is 19.7 Å². The molecule has 36 heavy (non-hydrogen) atoms. The molecule has 8 heteroatoms. The molecule has 0 bridgehead atoms. The van der Waals surface area contributed by atoms with Gasteiger partial charge in [-0.25, -0.2) is 0 Å². The van der Waals surface area contributed by atoms with E-state index in [0.717, 1.165) is 53.0 Å². The predicted molar refractivity (Wildman–Crippen MR) is 138 cm³/mol. The molecule has 0 spiro atoms. The third-order valence-corrected chi connectivity index (χ3v) is 7.77. The quantitative estimate of drug-likeness (QED) is 0.531. The van der Waals surface area contributed by atoms with E-state index in [0.29, 0.717) is 13.0 Å². The number of aromatic nitrogens is 1. The van der Waals surface area contributed by atoms with E-state index in [2.05, 4.69) is 23.9 Å². The van der Waals surface area contributed by atoms with Crippen LogP contribution >= 0.6 is 0 Å². The van der Waals surface area contributed by atoms with Gasteiger partial charge in [-0.05, 0) is 74.9 Å². The zero-order valence-corrected chi connectivity index (χ0v) is 21.4. The Morgan fingerprint density at radius 3 is 2.75 bits per heavy atom. The first-order chi connectivity index (χ1) is 17.3. The molecule has 8 nitrogen and oxygen atoms in total. The number of phenols is 1. The largest absolute Gasteiger partial charge is 0.508 e. The number of hydrogen-bond donors (Lipinski definition) is 2. The summed E-state index contributed by atoms with van der Waals surface area (Å²) in [5.41, 5.74) is 2.52. The van der Waals surface area contributed by atoms with Crippen molar-refractivity contribution in [3.63, 3.8) is 0 Å². The van der Waals surface area contributed by atoms with E-state index in [4.69, 9.17) is 4.74 Å². The third-order valence-electron chi connectivity index (χ3n) is 7.77. The summed E-state index contributed by atoms with van der Waals surface area (Å²) < 4.78 is 5.48. The summed E-state index contributed by atoms with van der Waals surface area (Å²) in [6.45, 7) is 6.40. The lowest BCUT2D eigenvalue weighted by Crippen LogP contribution is -2.69. The molecule has 190 valence electrons. The van der Waals surface area contributed by atoms with Crippen LogP contribution in [-0.2, 0) is 16.0 Å². The van der Waals surface area contributed by atoms with Crippen LogP contribution in [0.25, 0.3) is 10.9 Å². The summed E-state index contributed by atoms with van der Waals surface area (Å²) >= 11 is 0. The van der Waals surface area contributed by atoms with Crippen LogP contribution in [-0.4, -0.2) is 82.5 Å². The van der Waals surface area contributed by atoms with Crippen LogP contribution in [0.15, 0.2) is 42.5 Å². The predicted octanol–water partition coefficient (Wildman–Crippen LogP) is 3.30. The first-order valence-corrected chi connectivity index (χ1v) is 12.5. The first-order valence-electron chi connectivity index (χ1n) is 12.5. The van der Waals surface area contributed by atoms with Crippen molar-refractivity contribution in [1.29, 1.82) is 0 Å². The van der Waals surface area contributed by atoms with E-state index < -0.39 is 11.6 Å². The summed E-state index contributed by atoms with van der Waals surface area (Å²) in [6, 6.07) is 12.3. The van der Waals surface area contributed by atoms with Crippen molar-refractivity contribution in [2.24, 2.45) is 0 Å². The number of piperazine rings is 1. The average molecular weight is 491 g/mol. The fourth-order valence-corrected chi connectivity index (χ4v) is 5.77. The van der Waals surface area contributed by atoms with E-state index >= 15 is 0 Å². The number of phenolic OH excluding ortho intramolecular Hbond substituents is 1. The highest BCUT2D eigenvalue weighted by Crippen LogP contribution is 2.47. The molecule has 2 aromatic carbocycles. The number of H-pyrrole nitrogens is 1. The molecule has 2 atom stereocenters. The van der Waals surface area contributed by atoms with Gasteiger partial charge in [0.15, 0.2) is 0 Å². The Balaban J connectivity index is 1.62. The Hall–Kier alpha value is -3.52. The molecule has 0 aliphatic carbocycles. The van der Waals surface area contributed by atoms with E-state index in [1.807, 2.05) is 31.2 Å². The number of carbonyl (C=O) groups is 2. The Bertz CT molecular complexity index is 1320. The van der Waals surface area contributed by atoms with Crippen molar-refractivity contribution >= 4 is 22.7 Å². The van der Waals surface area contributed by atoms with Gasteiger partial charge < -0.3 is 29.5 Å². The number of benzene rings is 2. The monoisotopic (exact) mass is 490 g/mol. The lowest BCUT2D eigenvalue weighted by Gasteiger charge is -2.53. The smallest absolute Gasteiger partial charge is 0.249 e. The Morgan fingerprint density at radius 1 is 1.22 bits per heavy atom. The van der Waals surface area contributed by atoms with E-state index in [1.165, 1.54) is 0 Å². The van der Waals surface area contributed by atoms with Crippen molar-refractivity contribution < 1.29 is 19.4 Å². The van der Waals surface area contributed by atoms with Gasteiger partial charge in [-0.3, -0.25) is 9.59 Å². The molecule has 2 aliphatic rings. The number of aromatic amines is 1. The van der Waals surface area contributed by atoms with Gasteiger partial charge in [-0.2, -0.15) is 0 Å². The standard InChI is InChI=1S/C28H34N4O4/c1-5-30(3)12-7-13-31-17-24(34)32-26(18-8-6-9-19(33)14-18)25-22(16-28(32,2)27(31)35)21-15-20(36-4)10-11-23(21)29-25/h6,8-11,14-15,26,29,33H,5,7,12-13,16-17H2,1-4H3/t26-,28+/m1/s1. The molecule has 1 fully saturated rings. The molecule has 1 aromatic heterocycles. The van der Waals surface area contributed by atoms with Gasteiger partial charge in [-0.15, -0.1) is 0 Å². The Labute approximate surface area is 211 Å². The number of hydrogen-bond acceptors (Lipinski definition) is 5.